The van der Waals surface area contributed by atoms with Crippen molar-refractivity contribution >= 4 is 5.97 Å². The molecule has 1 N–H and O–H groups in total. The lowest BCUT2D eigenvalue weighted by molar-refractivity contribution is -0.156. The predicted molar refractivity (Wildman–Crippen MR) is 37.8 cm³/mol. The smallest absolute Gasteiger partial charge is 0.350 e. The Morgan fingerprint density at radius 2 is 2.45 bits per heavy atom. The third-order valence-electron chi connectivity index (χ3n) is 1.17. The Labute approximate surface area is 64.5 Å². The lowest BCUT2D eigenvalue weighted by atomic mass is 10.1. The number of alkyl halides is 1. The SMILES string of the molecule is C=C[C@](F)(CO)C(=O)OCC. The summed E-state index contributed by atoms with van der Waals surface area (Å²) in [5, 5.41) is 8.44. The summed E-state index contributed by atoms with van der Waals surface area (Å²) in [7, 11) is 0. The fraction of sp³-hybridized carbons (Fsp3) is 0.571. The van der Waals surface area contributed by atoms with Gasteiger partial charge in [-0.3, -0.25) is 0 Å². The second-order valence-electron chi connectivity index (χ2n) is 1.95. The van der Waals surface area contributed by atoms with Crippen molar-refractivity contribution < 1.29 is 19.0 Å². The molecule has 0 aliphatic rings. The predicted octanol–water partition coefficient (Wildman–Crippen LogP) is 0.436. The van der Waals surface area contributed by atoms with Crippen molar-refractivity contribution in [3.63, 3.8) is 0 Å². The highest BCUT2D eigenvalue weighted by atomic mass is 19.1. The average Bonchev–Trinajstić information content (AvgIpc) is 2.03. The number of carbonyl (C=O) groups is 1. The van der Waals surface area contributed by atoms with Gasteiger partial charge in [0.25, 0.3) is 0 Å². The highest BCUT2D eigenvalue weighted by molar-refractivity contribution is 5.81. The molecule has 0 heterocycles. The van der Waals surface area contributed by atoms with Crippen LogP contribution in [0.2, 0.25) is 0 Å². The van der Waals surface area contributed by atoms with Crippen molar-refractivity contribution in [3.8, 4) is 0 Å². The van der Waals surface area contributed by atoms with Crippen LogP contribution in [0.4, 0.5) is 4.39 Å². The first-order chi connectivity index (χ1) is 5.10. The van der Waals surface area contributed by atoms with E-state index in [9.17, 15) is 9.18 Å². The molecule has 0 spiro atoms. The van der Waals surface area contributed by atoms with E-state index in [0.717, 1.165) is 6.08 Å². The quantitative estimate of drug-likeness (QED) is 0.482. The summed E-state index contributed by atoms with van der Waals surface area (Å²) in [6.45, 7) is 3.77. The Bertz CT molecular complexity index is 158. The molecule has 0 radical (unpaired) electrons. The number of rotatable bonds is 4. The van der Waals surface area contributed by atoms with Crippen LogP contribution in [0.1, 0.15) is 6.92 Å². The molecule has 0 aliphatic carbocycles. The molecular weight excluding hydrogens is 151 g/mol. The summed E-state index contributed by atoms with van der Waals surface area (Å²) in [4.78, 5) is 10.7. The van der Waals surface area contributed by atoms with Crippen molar-refractivity contribution in [2.45, 2.75) is 12.6 Å². The van der Waals surface area contributed by atoms with E-state index in [1.165, 1.54) is 0 Å². The molecule has 3 nitrogen and oxygen atoms in total. The first-order valence-electron chi connectivity index (χ1n) is 3.21. The molecule has 11 heavy (non-hydrogen) atoms. The zero-order valence-corrected chi connectivity index (χ0v) is 6.34. The van der Waals surface area contributed by atoms with E-state index in [1.807, 2.05) is 0 Å². The number of esters is 1. The summed E-state index contributed by atoms with van der Waals surface area (Å²) in [5.74, 6) is -1.10. The number of hydrogen-bond donors (Lipinski definition) is 1. The number of halogens is 1. The van der Waals surface area contributed by atoms with Crippen LogP contribution in [0.15, 0.2) is 12.7 Å². The number of carbonyl (C=O) groups excluding carboxylic acids is 1. The van der Waals surface area contributed by atoms with Crippen LogP contribution in [0.5, 0.6) is 0 Å². The Hall–Kier alpha value is -0.900. The lowest BCUT2D eigenvalue weighted by Gasteiger charge is -2.15. The van der Waals surface area contributed by atoms with Crippen LogP contribution >= 0.6 is 0 Å². The minimum atomic E-state index is -2.45. The van der Waals surface area contributed by atoms with E-state index in [2.05, 4.69) is 11.3 Å². The molecule has 0 saturated heterocycles. The van der Waals surface area contributed by atoms with Gasteiger partial charge in [-0.2, -0.15) is 0 Å². The zero-order chi connectivity index (χ0) is 8.91. The zero-order valence-electron chi connectivity index (χ0n) is 6.34. The molecule has 0 aromatic rings. The van der Waals surface area contributed by atoms with Crippen LogP contribution in [0.25, 0.3) is 0 Å². The summed E-state index contributed by atoms with van der Waals surface area (Å²) in [6.07, 6.45) is 0.727. The number of aliphatic hydroxyl groups is 1. The van der Waals surface area contributed by atoms with Gasteiger partial charge >= 0.3 is 5.97 Å². The molecule has 1 atom stereocenters. The van der Waals surface area contributed by atoms with E-state index in [4.69, 9.17) is 5.11 Å². The summed E-state index contributed by atoms with van der Waals surface area (Å²) in [5.41, 5.74) is -2.45. The van der Waals surface area contributed by atoms with Gasteiger partial charge in [-0.15, -0.1) is 0 Å². The highest BCUT2D eigenvalue weighted by Gasteiger charge is 2.36. The monoisotopic (exact) mass is 162 g/mol. The maximum atomic E-state index is 13.0. The van der Waals surface area contributed by atoms with Gasteiger partial charge in [-0.1, -0.05) is 6.58 Å². The van der Waals surface area contributed by atoms with Gasteiger partial charge in [-0.25, -0.2) is 9.18 Å². The maximum Gasteiger partial charge on any atom is 0.350 e. The minimum absolute atomic E-state index is 0.0817. The Balaban J connectivity index is 4.24. The Morgan fingerprint density at radius 3 is 2.73 bits per heavy atom. The van der Waals surface area contributed by atoms with Gasteiger partial charge in [0, 0.05) is 0 Å². The minimum Gasteiger partial charge on any atom is -0.463 e. The average molecular weight is 162 g/mol. The topological polar surface area (TPSA) is 46.5 Å². The molecule has 0 bridgehead atoms. The van der Waals surface area contributed by atoms with Gasteiger partial charge in [0.15, 0.2) is 0 Å². The summed E-state index contributed by atoms with van der Waals surface area (Å²) in [6, 6.07) is 0. The van der Waals surface area contributed by atoms with E-state index in [0.29, 0.717) is 0 Å². The Morgan fingerprint density at radius 1 is 1.91 bits per heavy atom. The van der Waals surface area contributed by atoms with Crippen molar-refractivity contribution in [2.75, 3.05) is 13.2 Å². The molecule has 0 fully saturated rings. The van der Waals surface area contributed by atoms with Gasteiger partial charge in [0.2, 0.25) is 5.67 Å². The highest BCUT2D eigenvalue weighted by Crippen LogP contribution is 2.13. The molecule has 0 amide bonds. The molecule has 0 rings (SSSR count). The van der Waals surface area contributed by atoms with E-state index < -0.39 is 18.2 Å². The first-order valence-corrected chi connectivity index (χ1v) is 3.21. The standard InChI is InChI=1S/C7H11FO3/c1-3-7(8,5-9)6(10)11-4-2/h3,9H,1,4-5H2,2H3/t7-/m0/s1. The number of ether oxygens (including phenoxy) is 1. The molecule has 4 heteroatoms. The number of hydrogen-bond acceptors (Lipinski definition) is 3. The van der Waals surface area contributed by atoms with Crippen molar-refractivity contribution in [1.29, 1.82) is 0 Å². The van der Waals surface area contributed by atoms with E-state index >= 15 is 0 Å². The van der Waals surface area contributed by atoms with Crippen molar-refractivity contribution in [2.24, 2.45) is 0 Å². The van der Waals surface area contributed by atoms with Gasteiger partial charge in [0.05, 0.1) is 13.2 Å². The van der Waals surface area contributed by atoms with Crippen LogP contribution in [-0.4, -0.2) is 30.0 Å². The van der Waals surface area contributed by atoms with Crippen molar-refractivity contribution in [3.05, 3.63) is 12.7 Å². The van der Waals surface area contributed by atoms with Crippen LogP contribution in [-0.2, 0) is 9.53 Å². The van der Waals surface area contributed by atoms with Gasteiger partial charge in [0.1, 0.15) is 0 Å². The fourth-order valence-electron chi connectivity index (χ4n) is 0.464. The second kappa shape index (κ2) is 4.08. The van der Waals surface area contributed by atoms with Gasteiger partial charge in [-0.05, 0) is 13.0 Å². The Kier molecular flexibility index (Phi) is 3.74. The molecule has 0 aromatic heterocycles. The third-order valence-corrected chi connectivity index (χ3v) is 1.17. The number of aliphatic hydroxyl groups excluding tert-OH is 1. The molecule has 64 valence electrons. The van der Waals surface area contributed by atoms with Crippen molar-refractivity contribution in [1.82, 2.24) is 0 Å². The second-order valence-corrected chi connectivity index (χ2v) is 1.95. The largest absolute Gasteiger partial charge is 0.463 e. The fourth-order valence-corrected chi connectivity index (χ4v) is 0.464. The molecule has 0 unspecified atom stereocenters. The normalized spacial score (nSPS) is 15.2. The third kappa shape index (κ3) is 2.31. The van der Waals surface area contributed by atoms with Crippen LogP contribution < -0.4 is 0 Å². The molecule has 0 aromatic carbocycles. The first kappa shape index (κ1) is 10.1. The van der Waals surface area contributed by atoms with E-state index in [1.54, 1.807) is 6.92 Å². The molecule has 0 aliphatic heterocycles. The lowest BCUT2D eigenvalue weighted by Crippen LogP contribution is -2.37. The van der Waals surface area contributed by atoms with Crippen LogP contribution in [0.3, 0.4) is 0 Å². The summed E-state index contributed by atoms with van der Waals surface area (Å²) >= 11 is 0. The maximum absolute atomic E-state index is 13.0. The summed E-state index contributed by atoms with van der Waals surface area (Å²) < 4.78 is 17.3. The molecular formula is C7H11FO3. The van der Waals surface area contributed by atoms with Crippen LogP contribution in [0, 0.1) is 0 Å². The van der Waals surface area contributed by atoms with Gasteiger partial charge < -0.3 is 9.84 Å². The molecule has 0 saturated carbocycles. The van der Waals surface area contributed by atoms with E-state index in [-0.39, 0.29) is 6.61 Å².